The van der Waals surface area contributed by atoms with Gasteiger partial charge < -0.3 is 10.2 Å². The third kappa shape index (κ3) is 7.54. The predicted octanol–water partition coefficient (Wildman–Crippen LogP) is 5.92. The lowest BCUT2D eigenvalue weighted by Gasteiger charge is -2.34. The molecule has 0 saturated carbocycles. The smallest absolute Gasteiger partial charge is 0.261 e. The molecule has 4 amide bonds. The number of halogens is 2. The van der Waals surface area contributed by atoms with Crippen molar-refractivity contribution in [3.05, 3.63) is 105 Å². The van der Waals surface area contributed by atoms with Gasteiger partial charge in [0.2, 0.25) is 11.8 Å². The summed E-state index contributed by atoms with van der Waals surface area (Å²) in [6, 6.07) is 20.4. The van der Waals surface area contributed by atoms with Gasteiger partial charge in [0.05, 0.1) is 11.1 Å². The lowest BCUT2D eigenvalue weighted by Crippen LogP contribution is -2.54. The summed E-state index contributed by atoms with van der Waals surface area (Å²) in [5.41, 5.74) is 1.75. The van der Waals surface area contributed by atoms with Crippen molar-refractivity contribution < 1.29 is 19.2 Å². The minimum atomic E-state index is -0.838. The van der Waals surface area contributed by atoms with Crippen LogP contribution in [0.15, 0.2) is 72.8 Å². The van der Waals surface area contributed by atoms with Gasteiger partial charge in [-0.15, -0.1) is 0 Å². The first kappa shape index (κ1) is 30.3. The molecule has 0 aromatic heterocycles. The Hall–Kier alpha value is -3.68. The van der Waals surface area contributed by atoms with E-state index in [0.717, 1.165) is 5.56 Å². The highest BCUT2D eigenvalue weighted by Gasteiger charge is 2.36. The van der Waals surface area contributed by atoms with E-state index in [1.807, 2.05) is 51.1 Å². The van der Waals surface area contributed by atoms with Gasteiger partial charge >= 0.3 is 0 Å². The second kappa shape index (κ2) is 12.9. The molecule has 1 N–H and O–H groups in total. The first-order chi connectivity index (χ1) is 19.4. The van der Waals surface area contributed by atoms with E-state index in [2.05, 4.69) is 5.32 Å². The summed E-state index contributed by atoms with van der Waals surface area (Å²) in [5, 5.41) is 3.87. The minimum Gasteiger partial charge on any atom is -0.350 e. The standard InChI is InChI=1S/C32H33Cl2N3O4/c1-32(2,3)35-29(39)27(18-21-10-5-4-6-11-21)37(20-22-15-16-23(33)19-26(22)34)28(38)14-9-17-36-30(40)24-12-7-8-13-25(24)31(36)41/h4-8,10-13,15-16,19,27H,9,14,17-18,20H2,1-3H3,(H,35,39). The van der Waals surface area contributed by atoms with Crippen LogP contribution in [0.1, 0.15) is 65.5 Å². The van der Waals surface area contributed by atoms with Gasteiger partial charge in [-0.25, -0.2) is 0 Å². The van der Waals surface area contributed by atoms with Crippen molar-refractivity contribution in [2.45, 2.75) is 58.2 Å². The van der Waals surface area contributed by atoms with Gasteiger partial charge in [-0.3, -0.25) is 24.1 Å². The maximum atomic E-state index is 13.9. The van der Waals surface area contributed by atoms with Crippen LogP contribution in [-0.4, -0.2) is 51.6 Å². The van der Waals surface area contributed by atoms with Crippen molar-refractivity contribution in [3.8, 4) is 0 Å². The number of amides is 4. The number of hydrogen-bond donors (Lipinski definition) is 1. The van der Waals surface area contributed by atoms with Gasteiger partial charge in [0, 0.05) is 41.5 Å². The number of carbonyl (C=O) groups is 4. The predicted molar refractivity (Wildman–Crippen MR) is 160 cm³/mol. The van der Waals surface area contributed by atoms with E-state index in [-0.39, 0.29) is 56.0 Å². The summed E-state index contributed by atoms with van der Waals surface area (Å²) in [7, 11) is 0. The molecule has 1 heterocycles. The topological polar surface area (TPSA) is 86.8 Å². The molecule has 9 heteroatoms. The van der Waals surface area contributed by atoms with Gasteiger partial charge in [0.1, 0.15) is 6.04 Å². The number of imide groups is 1. The largest absolute Gasteiger partial charge is 0.350 e. The van der Waals surface area contributed by atoms with E-state index in [9.17, 15) is 19.2 Å². The van der Waals surface area contributed by atoms with E-state index < -0.39 is 11.6 Å². The Balaban J connectivity index is 1.58. The van der Waals surface area contributed by atoms with Crippen LogP contribution in [0.5, 0.6) is 0 Å². The monoisotopic (exact) mass is 593 g/mol. The molecule has 7 nitrogen and oxygen atoms in total. The van der Waals surface area contributed by atoms with Crippen LogP contribution in [0.3, 0.4) is 0 Å². The molecular weight excluding hydrogens is 561 g/mol. The Morgan fingerprint density at radius 3 is 2.10 bits per heavy atom. The number of nitrogens with zero attached hydrogens (tertiary/aromatic N) is 2. The summed E-state index contributed by atoms with van der Waals surface area (Å²) >= 11 is 12.6. The first-order valence-corrected chi connectivity index (χ1v) is 14.2. The number of rotatable bonds is 10. The Bertz CT molecular complexity index is 1420. The fourth-order valence-corrected chi connectivity index (χ4v) is 5.28. The number of hydrogen-bond acceptors (Lipinski definition) is 4. The molecule has 0 bridgehead atoms. The first-order valence-electron chi connectivity index (χ1n) is 13.5. The zero-order chi connectivity index (χ0) is 29.7. The molecular formula is C32H33Cl2N3O4. The molecule has 3 aromatic rings. The molecule has 1 atom stereocenters. The lowest BCUT2D eigenvalue weighted by molar-refractivity contribution is -0.142. The summed E-state index contributed by atoms with van der Waals surface area (Å²) in [5.74, 6) is -1.32. The normalized spacial score (nSPS) is 13.6. The second-order valence-corrected chi connectivity index (χ2v) is 12.0. The van der Waals surface area contributed by atoms with Crippen LogP contribution in [-0.2, 0) is 22.6 Å². The molecule has 0 saturated heterocycles. The van der Waals surface area contributed by atoms with E-state index in [4.69, 9.17) is 23.2 Å². The Morgan fingerprint density at radius 1 is 0.902 bits per heavy atom. The van der Waals surface area contributed by atoms with Crippen molar-refractivity contribution in [1.29, 1.82) is 0 Å². The SMILES string of the molecule is CC(C)(C)NC(=O)C(Cc1ccccc1)N(Cc1ccc(Cl)cc1Cl)C(=O)CCCN1C(=O)c2ccccc2C1=O. The molecule has 41 heavy (non-hydrogen) atoms. The molecule has 0 radical (unpaired) electrons. The number of benzene rings is 3. The van der Waals surface area contributed by atoms with Gasteiger partial charge in [0.25, 0.3) is 11.8 Å². The maximum absolute atomic E-state index is 13.9. The third-order valence-corrected chi connectivity index (χ3v) is 7.36. The highest BCUT2D eigenvalue weighted by molar-refractivity contribution is 6.35. The van der Waals surface area contributed by atoms with Gasteiger partial charge in [-0.2, -0.15) is 0 Å². The lowest BCUT2D eigenvalue weighted by atomic mass is 10.00. The van der Waals surface area contributed by atoms with Gasteiger partial charge in [-0.1, -0.05) is 71.7 Å². The van der Waals surface area contributed by atoms with E-state index in [1.54, 1.807) is 42.5 Å². The zero-order valence-corrected chi connectivity index (χ0v) is 24.8. The van der Waals surface area contributed by atoms with Crippen LogP contribution in [0.25, 0.3) is 0 Å². The summed E-state index contributed by atoms with van der Waals surface area (Å²) in [4.78, 5) is 55.8. The average Bonchev–Trinajstić information content (AvgIpc) is 3.16. The second-order valence-electron chi connectivity index (χ2n) is 11.1. The van der Waals surface area contributed by atoms with E-state index >= 15 is 0 Å². The van der Waals surface area contributed by atoms with E-state index in [1.165, 1.54) is 9.80 Å². The van der Waals surface area contributed by atoms with Crippen LogP contribution >= 0.6 is 23.2 Å². The highest BCUT2D eigenvalue weighted by atomic mass is 35.5. The highest BCUT2D eigenvalue weighted by Crippen LogP contribution is 2.26. The molecule has 1 unspecified atom stereocenters. The third-order valence-electron chi connectivity index (χ3n) is 6.78. The minimum absolute atomic E-state index is 0.0205. The Labute approximate surface area is 250 Å². The molecule has 3 aromatic carbocycles. The van der Waals surface area contributed by atoms with Crippen LogP contribution in [0, 0.1) is 0 Å². The van der Waals surface area contributed by atoms with Gasteiger partial charge in [-0.05, 0) is 62.6 Å². The van der Waals surface area contributed by atoms with Crippen LogP contribution in [0.4, 0.5) is 0 Å². The molecule has 214 valence electrons. The van der Waals surface area contributed by atoms with Crippen molar-refractivity contribution in [2.24, 2.45) is 0 Å². The molecule has 0 aliphatic carbocycles. The van der Waals surface area contributed by atoms with Crippen LogP contribution in [0.2, 0.25) is 10.0 Å². The molecule has 1 aliphatic heterocycles. The van der Waals surface area contributed by atoms with Gasteiger partial charge in [0.15, 0.2) is 0 Å². The Morgan fingerprint density at radius 2 is 1.51 bits per heavy atom. The van der Waals surface area contributed by atoms with Crippen molar-refractivity contribution >= 4 is 46.8 Å². The van der Waals surface area contributed by atoms with Crippen LogP contribution < -0.4 is 5.32 Å². The zero-order valence-electron chi connectivity index (χ0n) is 23.3. The molecule has 0 spiro atoms. The summed E-state index contributed by atoms with van der Waals surface area (Å²) in [6.45, 7) is 5.82. The number of carbonyl (C=O) groups excluding carboxylic acids is 4. The van der Waals surface area contributed by atoms with Crippen molar-refractivity contribution in [2.75, 3.05) is 6.54 Å². The molecule has 4 rings (SSSR count). The van der Waals surface area contributed by atoms with Crippen molar-refractivity contribution in [1.82, 2.24) is 15.1 Å². The average molecular weight is 595 g/mol. The Kier molecular flexibility index (Phi) is 9.51. The summed E-state index contributed by atoms with van der Waals surface area (Å²) in [6.07, 6.45) is 0.554. The molecule has 1 aliphatic rings. The molecule has 0 fully saturated rings. The fourth-order valence-electron chi connectivity index (χ4n) is 4.81. The quantitative estimate of drug-likeness (QED) is 0.295. The number of fused-ring (bicyclic) bond motifs is 1. The number of nitrogens with one attached hydrogen (secondary N) is 1. The van der Waals surface area contributed by atoms with Crippen molar-refractivity contribution in [3.63, 3.8) is 0 Å². The maximum Gasteiger partial charge on any atom is 0.261 e. The fraction of sp³-hybridized carbons (Fsp3) is 0.312. The summed E-state index contributed by atoms with van der Waals surface area (Å²) < 4.78 is 0. The van der Waals surface area contributed by atoms with E-state index in [0.29, 0.717) is 26.7 Å².